The fourth-order valence-corrected chi connectivity index (χ4v) is 1.55. The molecule has 106 valence electrons. The Morgan fingerprint density at radius 2 is 2.11 bits per heavy atom. The maximum atomic E-state index is 11.1. The van der Waals surface area contributed by atoms with Gasteiger partial charge < -0.3 is 20.3 Å². The van der Waals surface area contributed by atoms with Crippen molar-refractivity contribution in [3.8, 4) is 11.5 Å². The number of benzene rings is 1. The van der Waals surface area contributed by atoms with Crippen LogP contribution in [0.4, 0.5) is 0 Å². The van der Waals surface area contributed by atoms with Gasteiger partial charge in [-0.1, -0.05) is 12.1 Å². The van der Waals surface area contributed by atoms with Gasteiger partial charge in [0.1, 0.15) is 6.61 Å². The molecule has 0 amide bonds. The summed E-state index contributed by atoms with van der Waals surface area (Å²) >= 11 is 0. The highest BCUT2D eigenvalue weighted by Gasteiger charge is 2.29. The summed E-state index contributed by atoms with van der Waals surface area (Å²) in [6.45, 7) is 3.80. The van der Waals surface area contributed by atoms with Crippen LogP contribution >= 0.6 is 0 Å². The number of carboxylic acids is 1. The van der Waals surface area contributed by atoms with E-state index in [4.69, 9.17) is 20.3 Å². The smallest absolute Gasteiger partial charge is 0.312 e. The van der Waals surface area contributed by atoms with Gasteiger partial charge in [0.15, 0.2) is 11.5 Å². The standard InChI is InChI=1S/C14H21NO4/c1-14(2,13(16)17)9-19-12-10(7-8-15)5-4-6-11(12)18-3/h4-6H,7-9,15H2,1-3H3,(H,16,17). The van der Waals surface area contributed by atoms with Crippen molar-refractivity contribution in [2.45, 2.75) is 20.3 Å². The van der Waals surface area contributed by atoms with Crippen LogP contribution < -0.4 is 15.2 Å². The molecular weight excluding hydrogens is 246 g/mol. The molecule has 0 atom stereocenters. The number of methoxy groups -OCH3 is 1. The fraction of sp³-hybridized carbons (Fsp3) is 0.500. The average molecular weight is 267 g/mol. The molecule has 5 heteroatoms. The Morgan fingerprint density at radius 1 is 1.42 bits per heavy atom. The number of ether oxygens (including phenoxy) is 2. The first-order valence-corrected chi connectivity index (χ1v) is 6.14. The van der Waals surface area contributed by atoms with Crippen molar-refractivity contribution in [2.24, 2.45) is 11.1 Å². The minimum absolute atomic E-state index is 0.0697. The van der Waals surface area contributed by atoms with Crippen molar-refractivity contribution in [3.05, 3.63) is 23.8 Å². The lowest BCUT2D eigenvalue weighted by Crippen LogP contribution is -2.31. The maximum Gasteiger partial charge on any atom is 0.312 e. The molecule has 5 nitrogen and oxygen atoms in total. The van der Waals surface area contributed by atoms with Gasteiger partial charge in [-0.3, -0.25) is 4.79 Å². The summed E-state index contributed by atoms with van der Waals surface area (Å²) < 4.78 is 10.9. The van der Waals surface area contributed by atoms with E-state index in [0.717, 1.165) is 5.56 Å². The van der Waals surface area contributed by atoms with E-state index in [0.29, 0.717) is 24.5 Å². The van der Waals surface area contributed by atoms with Crippen molar-refractivity contribution >= 4 is 5.97 Å². The number of nitrogens with two attached hydrogens (primary N) is 1. The summed E-state index contributed by atoms with van der Waals surface area (Å²) in [6, 6.07) is 5.54. The van der Waals surface area contributed by atoms with E-state index in [1.807, 2.05) is 12.1 Å². The zero-order chi connectivity index (χ0) is 14.5. The van der Waals surface area contributed by atoms with E-state index < -0.39 is 11.4 Å². The van der Waals surface area contributed by atoms with Gasteiger partial charge in [-0.2, -0.15) is 0 Å². The Hall–Kier alpha value is -1.75. The second-order valence-electron chi connectivity index (χ2n) is 4.96. The predicted molar refractivity (Wildman–Crippen MR) is 72.7 cm³/mol. The molecule has 0 aliphatic carbocycles. The van der Waals surface area contributed by atoms with E-state index in [9.17, 15) is 4.79 Å². The summed E-state index contributed by atoms with van der Waals surface area (Å²) in [7, 11) is 1.55. The molecule has 0 unspecified atom stereocenters. The third-order valence-corrected chi connectivity index (χ3v) is 2.85. The van der Waals surface area contributed by atoms with Crippen LogP contribution in [0.2, 0.25) is 0 Å². The van der Waals surface area contributed by atoms with Crippen molar-refractivity contribution in [3.63, 3.8) is 0 Å². The summed E-state index contributed by atoms with van der Waals surface area (Å²) in [6.07, 6.45) is 0.653. The van der Waals surface area contributed by atoms with Crippen molar-refractivity contribution in [2.75, 3.05) is 20.3 Å². The Morgan fingerprint density at radius 3 is 2.63 bits per heavy atom. The van der Waals surface area contributed by atoms with Crippen LogP contribution in [-0.2, 0) is 11.2 Å². The highest BCUT2D eigenvalue weighted by Crippen LogP contribution is 2.32. The lowest BCUT2D eigenvalue weighted by Gasteiger charge is -2.22. The third kappa shape index (κ3) is 3.86. The van der Waals surface area contributed by atoms with Crippen LogP contribution in [0.1, 0.15) is 19.4 Å². The van der Waals surface area contributed by atoms with Crippen molar-refractivity contribution in [1.29, 1.82) is 0 Å². The summed E-state index contributed by atoms with van der Waals surface area (Å²) in [5.41, 5.74) is 5.52. The van der Waals surface area contributed by atoms with Crippen LogP contribution in [0.3, 0.4) is 0 Å². The van der Waals surface area contributed by atoms with Gasteiger partial charge in [-0.15, -0.1) is 0 Å². The molecule has 0 aromatic heterocycles. The summed E-state index contributed by atoms with van der Waals surface area (Å²) in [5, 5.41) is 9.09. The van der Waals surface area contributed by atoms with Crippen LogP contribution in [0.25, 0.3) is 0 Å². The number of hydrogen-bond acceptors (Lipinski definition) is 4. The topological polar surface area (TPSA) is 81.8 Å². The van der Waals surface area contributed by atoms with Gasteiger partial charge in [0, 0.05) is 0 Å². The third-order valence-electron chi connectivity index (χ3n) is 2.85. The Bertz CT molecular complexity index is 443. The molecule has 3 N–H and O–H groups in total. The summed E-state index contributed by atoms with van der Waals surface area (Å²) in [5.74, 6) is 0.264. The van der Waals surface area contributed by atoms with E-state index in [1.165, 1.54) is 0 Å². The zero-order valence-electron chi connectivity index (χ0n) is 11.6. The number of aliphatic carboxylic acids is 1. The molecule has 0 saturated heterocycles. The molecule has 0 saturated carbocycles. The second kappa shape index (κ2) is 6.43. The maximum absolute atomic E-state index is 11.1. The van der Waals surface area contributed by atoms with Gasteiger partial charge >= 0.3 is 5.97 Å². The zero-order valence-corrected chi connectivity index (χ0v) is 11.6. The average Bonchev–Trinajstić information content (AvgIpc) is 2.37. The van der Waals surface area contributed by atoms with E-state index in [2.05, 4.69) is 0 Å². The molecule has 0 heterocycles. The minimum Gasteiger partial charge on any atom is -0.493 e. The molecule has 0 fully saturated rings. The monoisotopic (exact) mass is 267 g/mol. The molecule has 0 bridgehead atoms. The van der Waals surface area contributed by atoms with Gasteiger partial charge in [0.25, 0.3) is 0 Å². The van der Waals surface area contributed by atoms with Gasteiger partial charge in [0.2, 0.25) is 0 Å². The molecule has 1 rings (SSSR count). The lowest BCUT2D eigenvalue weighted by molar-refractivity contribution is -0.148. The number of rotatable bonds is 7. The number of carbonyl (C=O) groups is 1. The molecule has 1 aromatic carbocycles. The molecule has 1 aromatic rings. The fourth-order valence-electron chi connectivity index (χ4n) is 1.55. The first kappa shape index (κ1) is 15.3. The molecule has 0 aliphatic rings. The lowest BCUT2D eigenvalue weighted by atomic mass is 9.95. The number of carboxylic acid groups (broad SMARTS) is 1. The molecule has 0 radical (unpaired) electrons. The van der Waals surface area contributed by atoms with E-state index >= 15 is 0 Å². The SMILES string of the molecule is COc1cccc(CCN)c1OCC(C)(C)C(=O)O. The van der Waals surface area contributed by atoms with Crippen molar-refractivity contribution < 1.29 is 19.4 Å². The number of hydrogen-bond donors (Lipinski definition) is 2. The number of para-hydroxylation sites is 1. The normalized spacial score (nSPS) is 11.2. The molecule has 0 spiro atoms. The van der Waals surface area contributed by atoms with Gasteiger partial charge in [0.05, 0.1) is 12.5 Å². The Balaban J connectivity index is 2.95. The van der Waals surface area contributed by atoms with Crippen molar-refractivity contribution in [1.82, 2.24) is 0 Å². The Labute approximate surface area is 113 Å². The van der Waals surface area contributed by atoms with Crippen LogP contribution in [0.5, 0.6) is 11.5 Å². The van der Waals surface area contributed by atoms with Crippen LogP contribution in [0.15, 0.2) is 18.2 Å². The molecule has 19 heavy (non-hydrogen) atoms. The van der Waals surface area contributed by atoms with E-state index in [1.54, 1.807) is 27.0 Å². The van der Waals surface area contributed by atoms with Crippen LogP contribution in [0, 0.1) is 5.41 Å². The molecular formula is C14H21NO4. The van der Waals surface area contributed by atoms with Gasteiger partial charge in [-0.25, -0.2) is 0 Å². The minimum atomic E-state index is -0.958. The Kier molecular flexibility index (Phi) is 5.18. The first-order chi connectivity index (χ1) is 8.92. The second-order valence-corrected chi connectivity index (χ2v) is 4.96. The van der Waals surface area contributed by atoms with Gasteiger partial charge in [-0.05, 0) is 38.4 Å². The van der Waals surface area contributed by atoms with Crippen LogP contribution in [-0.4, -0.2) is 31.3 Å². The summed E-state index contributed by atoms with van der Waals surface area (Å²) in [4.78, 5) is 11.1. The highest BCUT2D eigenvalue weighted by atomic mass is 16.5. The molecule has 0 aliphatic heterocycles. The first-order valence-electron chi connectivity index (χ1n) is 6.14. The van der Waals surface area contributed by atoms with E-state index in [-0.39, 0.29) is 6.61 Å². The quantitative estimate of drug-likeness (QED) is 0.785. The largest absolute Gasteiger partial charge is 0.493 e. The predicted octanol–water partition coefficient (Wildman–Crippen LogP) is 1.69. The highest BCUT2D eigenvalue weighted by molar-refractivity contribution is 5.73.